The van der Waals surface area contributed by atoms with Gasteiger partial charge in [-0.05, 0) is 31.5 Å². The van der Waals surface area contributed by atoms with E-state index in [0.717, 1.165) is 33.8 Å². The first kappa shape index (κ1) is 20.8. The summed E-state index contributed by atoms with van der Waals surface area (Å²) in [6.07, 6.45) is 13.0. The number of pyridine rings is 1. The maximum atomic E-state index is 4.87. The fourth-order valence-corrected chi connectivity index (χ4v) is 4.22. The van der Waals surface area contributed by atoms with Crippen LogP contribution in [0.2, 0.25) is 0 Å². The number of imidazole rings is 2. The molecule has 0 saturated heterocycles. The Morgan fingerprint density at radius 3 is 2.46 bits per heavy atom. The second kappa shape index (κ2) is 7.90. The first-order valence-corrected chi connectivity index (χ1v) is 11.1. The molecule has 0 radical (unpaired) electrons. The topological polar surface area (TPSA) is 109 Å². The Morgan fingerprint density at radius 1 is 0.886 bits per heavy atom. The van der Waals surface area contributed by atoms with Crippen LogP contribution >= 0.6 is 0 Å². The molecule has 0 spiro atoms. The van der Waals surface area contributed by atoms with Crippen molar-refractivity contribution in [3.63, 3.8) is 0 Å². The van der Waals surface area contributed by atoms with E-state index in [-0.39, 0.29) is 0 Å². The third-order valence-electron chi connectivity index (χ3n) is 5.99. The third kappa shape index (κ3) is 3.53. The van der Waals surface area contributed by atoms with E-state index >= 15 is 0 Å². The Hall–Kier alpha value is -4.80. The van der Waals surface area contributed by atoms with E-state index in [1.807, 2.05) is 84.6 Å². The van der Waals surface area contributed by atoms with E-state index in [1.54, 1.807) is 23.3 Å². The molecule has 0 bridgehead atoms. The molecule has 174 valence electrons. The highest BCUT2D eigenvalue weighted by atomic mass is 15.3. The molecule has 0 atom stereocenters. The van der Waals surface area contributed by atoms with Gasteiger partial charge in [0.05, 0.1) is 11.4 Å². The third-order valence-corrected chi connectivity index (χ3v) is 5.99. The number of fused-ring (bicyclic) bond motifs is 1. The first-order chi connectivity index (χ1) is 17.0. The Kier molecular flexibility index (Phi) is 4.69. The van der Waals surface area contributed by atoms with Gasteiger partial charge in [0.15, 0.2) is 11.6 Å². The molecule has 1 N–H and O–H groups in total. The summed E-state index contributed by atoms with van der Waals surface area (Å²) in [7, 11) is 3.82. The molecule has 0 saturated carbocycles. The summed E-state index contributed by atoms with van der Waals surface area (Å²) in [5, 5.41) is 12.8. The minimum absolute atomic E-state index is 0.497. The van der Waals surface area contributed by atoms with Crippen LogP contribution in [0.3, 0.4) is 0 Å². The minimum Gasteiger partial charge on any atom is -0.331 e. The van der Waals surface area contributed by atoms with Gasteiger partial charge in [-0.1, -0.05) is 0 Å². The van der Waals surface area contributed by atoms with E-state index < -0.39 is 0 Å². The number of anilines is 2. The van der Waals surface area contributed by atoms with E-state index in [9.17, 15) is 0 Å². The SMILES string of the molecule is Cc1c(-c2ccn(C)n2)cn2nc(-c3nccn3C)nc(Nc3cc(-n4ccnc4C)ccn3)c12. The molecule has 0 fully saturated rings. The quantitative estimate of drug-likeness (QED) is 0.415. The van der Waals surface area contributed by atoms with Crippen molar-refractivity contribution in [1.82, 2.24) is 48.5 Å². The Labute approximate surface area is 200 Å². The average Bonchev–Trinajstić information content (AvgIpc) is 3.62. The standard InChI is InChI=1S/C24H23N11/c1-15-18(19-6-10-33(4)30-19)14-35-21(15)22(29-23(31-35)24-27-8-11-32(24)3)28-20-13-17(5-7-26-20)34-12-9-25-16(34)2/h5-14H,1-4H3,(H,26,28,29,31). The molecule has 6 heterocycles. The van der Waals surface area contributed by atoms with Gasteiger partial charge in [-0.2, -0.15) is 5.10 Å². The van der Waals surface area contributed by atoms with E-state index in [4.69, 9.17) is 10.1 Å². The monoisotopic (exact) mass is 465 g/mol. The van der Waals surface area contributed by atoms with Crippen molar-refractivity contribution >= 4 is 17.2 Å². The maximum absolute atomic E-state index is 4.87. The molecule has 35 heavy (non-hydrogen) atoms. The van der Waals surface area contributed by atoms with Crippen molar-refractivity contribution in [2.75, 3.05) is 5.32 Å². The molecule has 0 aromatic carbocycles. The van der Waals surface area contributed by atoms with Crippen LogP contribution in [0.5, 0.6) is 0 Å². The highest BCUT2D eigenvalue weighted by Crippen LogP contribution is 2.32. The van der Waals surface area contributed by atoms with Crippen molar-refractivity contribution in [2.45, 2.75) is 13.8 Å². The molecule has 0 unspecified atom stereocenters. The summed E-state index contributed by atoms with van der Waals surface area (Å²) >= 11 is 0. The summed E-state index contributed by atoms with van der Waals surface area (Å²) in [5.41, 5.74) is 4.66. The van der Waals surface area contributed by atoms with Gasteiger partial charge in [-0.25, -0.2) is 24.5 Å². The lowest BCUT2D eigenvalue weighted by molar-refractivity contribution is 0.770. The van der Waals surface area contributed by atoms with Gasteiger partial charge in [0.25, 0.3) is 0 Å². The maximum Gasteiger partial charge on any atom is 0.218 e. The Morgan fingerprint density at radius 2 is 1.74 bits per heavy atom. The van der Waals surface area contributed by atoms with Crippen molar-refractivity contribution in [1.29, 1.82) is 0 Å². The molecular weight excluding hydrogens is 442 g/mol. The molecule has 0 aliphatic rings. The van der Waals surface area contributed by atoms with Crippen molar-refractivity contribution in [2.24, 2.45) is 14.1 Å². The van der Waals surface area contributed by atoms with Gasteiger partial charge in [0.1, 0.15) is 17.2 Å². The number of aromatic nitrogens is 10. The fraction of sp³-hybridized carbons (Fsp3) is 0.167. The zero-order valence-electron chi connectivity index (χ0n) is 19.7. The number of aryl methyl sites for hydroxylation is 4. The molecular formula is C24H23N11. The Balaban J connectivity index is 1.52. The largest absolute Gasteiger partial charge is 0.331 e. The van der Waals surface area contributed by atoms with Crippen molar-refractivity contribution in [3.8, 4) is 28.6 Å². The van der Waals surface area contributed by atoms with Crippen LogP contribution in [0, 0.1) is 13.8 Å². The van der Waals surface area contributed by atoms with Gasteiger partial charge < -0.3 is 14.5 Å². The normalized spacial score (nSPS) is 11.4. The lowest BCUT2D eigenvalue weighted by atomic mass is 10.1. The second-order valence-corrected chi connectivity index (χ2v) is 8.35. The molecule has 6 aromatic rings. The zero-order chi connectivity index (χ0) is 24.1. The van der Waals surface area contributed by atoms with E-state index in [2.05, 4.69) is 25.4 Å². The highest BCUT2D eigenvalue weighted by Gasteiger charge is 2.20. The number of nitrogens with one attached hydrogen (secondary N) is 1. The summed E-state index contributed by atoms with van der Waals surface area (Å²) < 4.78 is 7.52. The van der Waals surface area contributed by atoms with Crippen LogP contribution in [-0.4, -0.2) is 48.5 Å². The van der Waals surface area contributed by atoms with E-state index in [1.165, 1.54) is 0 Å². The van der Waals surface area contributed by atoms with Crippen LogP contribution in [-0.2, 0) is 14.1 Å². The van der Waals surface area contributed by atoms with Crippen LogP contribution in [0.25, 0.3) is 34.1 Å². The summed E-state index contributed by atoms with van der Waals surface area (Å²) in [5.74, 6) is 3.34. The molecule has 11 nitrogen and oxygen atoms in total. The second-order valence-electron chi connectivity index (χ2n) is 8.35. The molecule has 6 aromatic heterocycles. The number of hydrogen-bond donors (Lipinski definition) is 1. The number of rotatable bonds is 5. The van der Waals surface area contributed by atoms with Crippen LogP contribution < -0.4 is 5.32 Å². The van der Waals surface area contributed by atoms with E-state index in [0.29, 0.717) is 23.3 Å². The number of nitrogens with zero attached hydrogens (tertiary/aromatic N) is 10. The van der Waals surface area contributed by atoms with Gasteiger partial charge in [-0.15, -0.1) is 5.10 Å². The van der Waals surface area contributed by atoms with Gasteiger partial charge in [-0.3, -0.25) is 4.68 Å². The molecule has 0 amide bonds. The first-order valence-electron chi connectivity index (χ1n) is 11.1. The minimum atomic E-state index is 0.497. The smallest absolute Gasteiger partial charge is 0.218 e. The zero-order valence-corrected chi connectivity index (χ0v) is 19.7. The average molecular weight is 466 g/mol. The fourth-order valence-electron chi connectivity index (χ4n) is 4.22. The summed E-state index contributed by atoms with van der Waals surface area (Å²) in [6, 6.07) is 5.89. The molecule has 6 rings (SSSR count). The molecule has 0 aliphatic carbocycles. The summed E-state index contributed by atoms with van der Waals surface area (Å²) in [6.45, 7) is 4.01. The van der Waals surface area contributed by atoms with Crippen LogP contribution in [0.4, 0.5) is 11.6 Å². The lowest BCUT2D eigenvalue weighted by Crippen LogP contribution is -2.07. The molecule has 0 aliphatic heterocycles. The van der Waals surface area contributed by atoms with Crippen LogP contribution in [0.15, 0.2) is 61.6 Å². The highest BCUT2D eigenvalue weighted by molar-refractivity contribution is 5.84. The van der Waals surface area contributed by atoms with Gasteiger partial charge >= 0.3 is 0 Å². The molecule has 11 heteroatoms. The van der Waals surface area contributed by atoms with Crippen LogP contribution in [0.1, 0.15) is 11.4 Å². The summed E-state index contributed by atoms with van der Waals surface area (Å²) in [4.78, 5) is 18.2. The predicted molar refractivity (Wildman–Crippen MR) is 132 cm³/mol. The number of hydrogen-bond acceptors (Lipinski definition) is 7. The van der Waals surface area contributed by atoms with Crippen molar-refractivity contribution in [3.05, 3.63) is 73.0 Å². The van der Waals surface area contributed by atoms with Gasteiger partial charge in [0, 0.05) is 69.1 Å². The van der Waals surface area contributed by atoms with Crippen molar-refractivity contribution < 1.29 is 0 Å². The lowest BCUT2D eigenvalue weighted by Gasteiger charge is -2.11. The predicted octanol–water partition coefficient (Wildman–Crippen LogP) is 3.47. The Bertz CT molecular complexity index is 1680. The van der Waals surface area contributed by atoms with Gasteiger partial charge in [0.2, 0.25) is 5.82 Å².